The standard InChI is InChI=1S/C9H14F3N3S/c1-3-5-6(4-2)13-8-15-14-7(16-8)9(10,11)12/h6H,3-5H2,1-2H3,(H,13,15). The number of halogens is 3. The van der Waals surface area contributed by atoms with Gasteiger partial charge in [0.2, 0.25) is 10.1 Å². The molecular weight excluding hydrogens is 239 g/mol. The van der Waals surface area contributed by atoms with Crippen molar-refractivity contribution >= 4 is 16.5 Å². The van der Waals surface area contributed by atoms with E-state index < -0.39 is 11.2 Å². The molecule has 0 aliphatic carbocycles. The molecule has 3 nitrogen and oxygen atoms in total. The van der Waals surface area contributed by atoms with Crippen LogP contribution in [-0.2, 0) is 6.18 Å². The molecule has 0 aliphatic heterocycles. The predicted molar refractivity (Wildman–Crippen MR) is 57.5 cm³/mol. The highest BCUT2D eigenvalue weighted by molar-refractivity contribution is 7.15. The lowest BCUT2D eigenvalue weighted by atomic mass is 10.1. The maximum atomic E-state index is 12.2. The predicted octanol–water partition coefficient (Wildman–Crippen LogP) is 3.55. The van der Waals surface area contributed by atoms with Crippen molar-refractivity contribution in [1.82, 2.24) is 10.2 Å². The van der Waals surface area contributed by atoms with Gasteiger partial charge in [0.05, 0.1) is 0 Å². The Morgan fingerprint density at radius 3 is 2.44 bits per heavy atom. The lowest BCUT2D eigenvalue weighted by molar-refractivity contribution is -0.138. The van der Waals surface area contributed by atoms with Crippen LogP contribution in [0.1, 0.15) is 38.1 Å². The summed E-state index contributed by atoms with van der Waals surface area (Å²) in [7, 11) is 0. The van der Waals surface area contributed by atoms with Gasteiger partial charge in [-0.1, -0.05) is 31.6 Å². The molecule has 0 saturated heterocycles. The normalized spacial score (nSPS) is 13.8. The first-order valence-electron chi connectivity index (χ1n) is 5.14. The molecule has 0 spiro atoms. The maximum absolute atomic E-state index is 12.2. The van der Waals surface area contributed by atoms with Gasteiger partial charge < -0.3 is 5.32 Å². The zero-order valence-corrected chi connectivity index (χ0v) is 9.95. The number of nitrogens with zero attached hydrogens (tertiary/aromatic N) is 2. The molecule has 1 N–H and O–H groups in total. The quantitative estimate of drug-likeness (QED) is 0.872. The first-order valence-corrected chi connectivity index (χ1v) is 5.96. The molecule has 0 saturated carbocycles. The van der Waals surface area contributed by atoms with E-state index in [1.54, 1.807) is 0 Å². The Morgan fingerprint density at radius 1 is 1.31 bits per heavy atom. The molecular formula is C9H14F3N3S. The summed E-state index contributed by atoms with van der Waals surface area (Å²) in [5.41, 5.74) is 0. The Hall–Kier alpha value is -0.850. The lowest BCUT2D eigenvalue weighted by Crippen LogP contribution is -2.17. The largest absolute Gasteiger partial charge is 0.445 e. The van der Waals surface area contributed by atoms with Gasteiger partial charge in [-0.15, -0.1) is 10.2 Å². The van der Waals surface area contributed by atoms with Crippen molar-refractivity contribution in [2.75, 3.05) is 5.32 Å². The molecule has 1 rings (SSSR count). The second-order valence-corrected chi connectivity index (χ2v) is 4.43. The van der Waals surface area contributed by atoms with E-state index in [9.17, 15) is 13.2 Å². The van der Waals surface area contributed by atoms with Crippen LogP contribution in [0, 0.1) is 0 Å². The van der Waals surface area contributed by atoms with Crippen LogP contribution in [0.25, 0.3) is 0 Å². The van der Waals surface area contributed by atoms with Gasteiger partial charge in [0.1, 0.15) is 0 Å². The number of alkyl halides is 3. The number of hydrogen-bond donors (Lipinski definition) is 1. The molecule has 1 heterocycles. The number of nitrogens with one attached hydrogen (secondary N) is 1. The molecule has 0 fully saturated rings. The van der Waals surface area contributed by atoms with Crippen LogP contribution in [0.5, 0.6) is 0 Å². The van der Waals surface area contributed by atoms with E-state index in [2.05, 4.69) is 15.5 Å². The van der Waals surface area contributed by atoms with Crippen LogP contribution in [0.15, 0.2) is 0 Å². The van der Waals surface area contributed by atoms with Gasteiger partial charge in [-0.3, -0.25) is 0 Å². The SMILES string of the molecule is CCCC(CC)Nc1nnc(C(F)(F)F)s1. The molecule has 0 amide bonds. The number of aromatic nitrogens is 2. The van der Waals surface area contributed by atoms with Crippen LogP contribution < -0.4 is 5.32 Å². The van der Waals surface area contributed by atoms with E-state index in [-0.39, 0.29) is 11.2 Å². The van der Waals surface area contributed by atoms with Gasteiger partial charge in [0.25, 0.3) is 0 Å². The summed E-state index contributed by atoms with van der Waals surface area (Å²) in [6, 6.07) is 0.166. The third-order valence-corrected chi connectivity index (χ3v) is 3.02. The van der Waals surface area contributed by atoms with Gasteiger partial charge in [0.15, 0.2) is 0 Å². The molecule has 1 atom stereocenters. The van der Waals surface area contributed by atoms with E-state index in [0.29, 0.717) is 11.3 Å². The fourth-order valence-corrected chi connectivity index (χ4v) is 1.99. The van der Waals surface area contributed by atoms with Gasteiger partial charge in [-0.2, -0.15) is 13.2 Å². The van der Waals surface area contributed by atoms with E-state index in [1.807, 2.05) is 13.8 Å². The number of rotatable bonds is 5. The van der Waals surface area contributed by atoms with E-state index >= 15 is 0 Å². The van der Waals surface area contributed by atoms with Crippen LogP contribution in [-0.4, -0.2) is 16.2 Å². The topological polar surface area (TPSA) is 37.8 Å². The van der Waals surface area contributed by atoms with Gasteiger partial charge in [-0.25, -0.2) is 0 Å². The lowest BCUT2D eigenvalue weighted by Gasteiger charge is -2.14. The van der Waals surface area contributed by atoms with Gasteiger partial charge in [0, 0.05) is 6.04 Å². The summed E-state index contributed by atoms with van der Waals surface area (Å²) in [4.78, 5) is 0. The molecule has 7 heteroatoms. The third-order valence-electron chi connectivity index (χ3n) is 2.13. The fourth-order valence-electron chi connectivity index (χ4n) is 1.30. The van der Waals surface area contributed by atoms with Crippen molar-refractivity contribution in [2.24, 2.45) is 0 Å². The third kappa shape index (κ3) is 3.62. The number of anilines is 1. The Labute approximate surface area is 96.1 Å². The van der Waals surface area contributed by atoms with E-state index in [4.69, 9.17) is 0 Å². The Kier molecular flexibility index (Phi) is 4.52. The van der Waals surface area contributed by atoms with E-state index in [0.717, 1.165) is 19.3 Å². The molecule has 92 valence electrons. The zero-order chi connectivity index (χ0) is 12.2. The molecule has 16 heavy (non-hydrogen) atoms. The van der Waals surface area contributed by atoms with Crippen LogP contribution >= 0.6 is 11.3 Å². The second-order valence-electron chi connectivity index (χ2n) is 3.45. The van der Waals surface area contributed by atoms with Crippen molar-refractivity contribution < 1.29 is 13.2 Å². The van der Waals surface area contributed by atoms with Crippen LogP contribution in [0.4, 0.5) is 18.3 Å². The first kappa shape index (κ1) is 13.2. The highest BCUT2D eigenvalue weighted by Gasteiger charge is 2.35. The number of hydrogen-bond acceptors (Lipinski definition) is 4. The fraction of sp³-hybridized carbons (Fsp3) is 0.778. The molecule has 1 unspecified atom stereocenters. The first-order chi connectivity index (χ1) is 7.47. The molecule has 1 aromatic heterocycles. The van der Waals surface area contributed by atoms with Crippen molar-refractivity contribution in [3.8, 4) is 0 Å². The zero-order valence-electron chi connectivity index (χ0n) is 9.14. The summed E-state index contributed by atoms with van der Waals surface area (Å²) in [5, 5.41) is 8.91. The minimum atomic E-state index is -4.40. The Bertz CT molecular complexity index is 324. The average molecular weight is 253 g/mol. The van der Waals surface area contributed by atoms with Crippen molar-refractivity contribution in [2.45, 2.75) is 45.3 Å². The van der Waals surface area contributed by atoms with Crippen molar-refractivity contribution in [3.63, 3.8) is 0 Å². The Balaban J connectivity index is 2.64. The summed E-state index contributed by atoms with van der Waals surface area (Å²) in [6.45, 7) is 4.02. The van der Waals surface area contributed by atoms with E-state index in [1.165, 1.54) is 0 Å². The van der Waals surface area contributed by atoms with Crippen LogP contribution in [0.2, 0.25) is 0 Å². The summed E-state index contributed by atoms with van der Waals surface area (Å²) < 4.78 is 36.7. The van der Waals surface area contributed by atoms with Crippen LogP contribution in [0.3, 0.4) is 0 Å². The minimum absolute atomic E-state index is 0.166. The summed E-state index contributed by atoms with van der Waals surface area (Å²) >= 11 is 0.551. The summed E-state index contributed by atoms with van der Waals surface area (Å²) in [5.74, 6) is 0. The Morgan fingerprint density at radius 2 is 2.00 bits per heavy atom. The monoisotopic (exact) mass is 253 g/mol. The highest BCUT2D eigenvalue weighted by atomic mass is 32.1. The molecule has 0 aliphatic rings. The molecule has 0 bridgehead atoms. The average Bonchev–Trinajstić information content (AvgIpc) is 2.65. The van der Waals surface area contributed by atoms with Crippen molar-refractivity contribution in [3.05, 3.63) is 5.01 Å². The van der Waals surface area contributed by atoms with Gasteiger partial charge in [-0.05, 0) is 12.8 Å². The summed E-state index contributed by atoms with van der Waals surface area (Å²) in [6.07, 6.45) is -1.65. The smallest absolute Gasteiger partial charge is 0.357 e. The second kappa shape index (κ2) is 5.47. The molecule has 1 aromatic rings. The highest BCUT2D eigenvalue weighted by Crippen LogP contribution is 2.33. The maximum Gasteiger partial charge on any atom is 0.445 e. The van der Waals surface area contributed by atoms with Crippen molar-refractivity contribution in [1.29, 1.82) is 0 Å². The van der Waals surface area contributed by atoms with Gasteiger partial charge >= 0.3 is 6.18 Å². The molecule has 0 radical (unpaired) electrons. The molecule has 0 aromatic carbocycles. The minimum Gasteiger partial charge on any atom is -0.357 e.